The number of rotatable bonds is 5. The summed E-state index contributed by atoms with van der Waals surface area (Å²) in [5.74, 6) is 1.62. The van der Waals surface area contributed by atoms with Crippen molar-refractivity contribution in [2.45, 2.75) is 13.5 Å². The topological polar surface area (TPSA) is 59.7 Å². The molecule has 0 unspecified atom stereocenters. The van der Waals surface area contributed by atoms with E-state index in [-0.39, 0.29) is 0 Å². The maximum atomic E-state index is 4.89. The molecule has 0 aliphatic heterocycles. The Labute approximate surface area is 152 Å². The maximum absolute atomic E-state index is 4.89. The van der Waals surface area contributed by atoms with Gasteiger partial charge in [0.05, 0.1) is 11.7 Å². The molecule has 0 aliphatic rings. The minimum Gasteiger partial charge on any atom is -0.352 e. The van der Waals surface area contributed by atoms with Gasteiger partial charge in [0, 0.05) is 55.2 Å². The number of fused-ring (bicyclic) bond motifs is 1. The van der Waals surface area contributed by atoms with Crippen LogP contribution in [0.5, 0.6) is 0 Å². The standard InChI is InChI=1S/C20H20N6/c1-3-26(14-15-11-22-25(2)13-15)20-17-8-4-5-9-18(17)23-19(24-20)16-7-6-10-21-12-16/h4-13H,3,14H2,1-2H3. The monoisotopic (exact) mass is 344 g/mol. The van der Waals surface area contributed by atoms with Crippen LogP contribution in [0, 0.1) is 0 Å². The van der Waals surface area contributed by atoms with E-state index in [0.29, 0.717) is 5.82 Å². The third-order valence-corrected chi connectivity index (χ3v) is 4.32. The summed E-state index contributed by atoms with van der Waals surface area (Å²) in [6.45, 7) is 3.72. The molecule has 130 valence electrons. The van der Waals surface area contributed by atoms with E-state index in [1.807, 2.05) is 54.5 Å². The van der Waals surface area contributed by atoms with E-state index in [1.165, 1.54) is 0 Å². The quantitative estimate of drug-likeness (QED) is 0.555. The molecule has 4 rings (SSSR count). The van der Waals surface area contributed by atoms with Crippen LogP contribution in [0.4, 0.5) is 5.82 Å². The Balaban J connectivity index is 1.83. The highest BCUT2D eigenvalue weighted by atomic mass is 15.3. The molecule has 6 nitrogen and oxygen atoms in total. The highest BCUT2D eigenvalue weighted by Crippen LogP contribution is 2.28. The van der Waals surface area contributed by atoms with E-state index in [2.05, 4.69) is 28.0 Å². The zero-order valence-corrected chi connectivity index (χ0v) is 14.9. The number of para-hydroxylation sites is 1. The van der Waals surface area contributed by atoms with Gasteiger partial charge in [-0.1, -0.05) is 12.1 Å². The van der Waals surface area contributed by atoms with Crippen LogP contribution in [0.2, 0.25) is 0 Å². The Morgan fingerprint density at radius 2 is 1.92 bits per heavy atom. The number of benzene rings is 1. The fraction of sp³-hybridized carbons (Fsp3) is 0.200. The fourth-order valence-corrected chi connectivity index (χ4v) is 3.04. The molecule has 1 aromatic carbocycles. The Morgan fingerprint density at radius 3 is 2.65 bits per heavy atom. The molecule has 0 N–H and O–H groups in total. The van der Waals surface area contributed by atoms with Gasteiger partial charge in [0.25, 0.3) is 0 Å². The van der Waals surface area contributed by atoms with Crippen molar-refractivity contribution < 1.29 is 0 Å². The summed E-state index contributed by atoms with van der Waals surface area (Å²) in [5.41, 5.74) is 3.00. The molecular weight excluding hydrogens is 324 g/mol. The predicted molar refractivity (Wildman–Crippen MR) is 103 cm³/mol. The fourth-order valence-electron chi connectivity index (χ4n) is 3.04. The van der Waals surface area contributed by atoms with Gasteiger partial charge in [-0.25, -0.2) is 9.97 Å². The lowest BCUT2D eigenvalue weighted by Gasteiger charge is -2.23. The zero-order chi connectivity index (χ0) is 17.9. The van der Waals surface area contributed by atoms with Gasteiger partial charge in [0.2, 0.25) is 0 Å². The number of aromatic nitrogens is 5. The van der Waals surface area contributed by atoms with Gasteiger partial charge in [0.1, 0.15) is 5.82 Å². The summed E-state index contributed by atoms with van der Waals surface area (Å²) in [4.78, 5) is 16.1. The third kappa shape index (κ3) is 3.13. The Kier molecular flexibility index (Phi) is 4.31. The van der Waals surface area contributed by atoms with Gasteiger partial charge in [-0.05, 0) is 31.2 Å². The van der Waals surface area contributed by atoms with Gasteiger partial charge >= 0.3 is 0 Å². The molecule has 0 fully saturated rings. The number of hydrogen-bond donors (Lipinski definition) is 0. The van der Waals surface area contributed by atoms with E-state index in [4.69, 9.17) is 9.97 Å². The molecular formula is C20H20N6. The van der Waals surface area contributed by atoms with E-state index in [0.717, 1.165) is 40.9 Å². The number of aryl methyl sites for hydroxylation is 1. The highest BCUT2D eigenvalue weighted by molar-refractivity contribution is 5.91. The molecule has 3 heterocycles. The van der Waals surface area contributed by atoms with E-state index < -0.39 is 0 Å². The maximum Gasteiger partial charge on any atom is 0.163 e. The van der Waals surface area contributed by atoms with Crippen molar-refractivity contribution in [3.05, 3.63) is 66.7 Å². The second-order valence-corrected chi connectivity index (χ2v) is 6.17. The smallest absolute Gasteiger partial charge is 0.163 e. The van der Waals surface area contributed by atoms with Crippen LogP contribution in [-0.4, -0.2) is 31.3 Å². The van der Waals surface area contributed by atoms with Crippen molar-refractivity contribution >= 4 is 16.7 Å². The summed E-state index contributed by atoms with van der Waals surface area (Å²) >= 11 is 0. The van der Waals surface area contributed by atoms with Crippen LogP contribution in [0.1, 0.15) is 12.5 Å². The first-order valence-corrected chi connectivity index (χ1v) is 8.64. The van der Waals surface area contributed by atoms with Crippen molar-refractivity contribution in [1.82, 2.24) is 24.7 Å². The molecule has 0 bridgehead atoms. The molecule has 6 heteroatoms. The van der Waals surface area contributed by atoms with Crippen LogP contribution >= 0.6 is 0 Å². The highest BCUT2D eigenvalue weighted by Gasteiger charge is 2.15. The normalized spacial score (nSPS) is 11.0. The average molecular weight is 344 g/mol. The number of anilines is 1. The SMILES string of the molecule is CCN(Cc1cnn(C)c1)c1nc(-c2cccnc2)nc2ccccc12. The van der Waals surface area contributed by atoms with Crippen molar-refractivity contribution in [2.75, 3.05) is 11.4 Å². The van der Waals surface area contributed by atoms with Crippen LogP contribution in [0.3, 0.4) is 0 Å². The molecule has 3 aromatic heterocycles. The van der Waals surface area contributed by atoms with E-state index >= 15 is 0 Å². The Hall–Kier alpha value is -3.28. The minimum absolute atomic E-state index is 0.691. The molecule has 0 saturated carbocycles. The van der Waals surface area contributed by atoms with Gasteiger partial charge in [-0.15, -0.1) is 0 Å². The Bertz CT molecular complexity index is 1020. The third-order valence-electron chi connectivity index (χ3n) is 4.32. The lowest BCUT2D eigenvalue weighted by molar-refractivity contribution is 0.764. The molecule has 0 radical (unpaired) electrons. The summed E-state index contributed by atoms with van der Waals surface area (Å²) in [6, 6.07) is 12.0. The lowest BCUT2D eigenvalue weighted by atomic mass is 10.2. The molecule has 0 atom stereocenters. The van der Waals surface area contributed by atoms with E-state index in [9.17, 15) is 0 Å². The zero-order valence-electron chi connectivity index (χ0n) is 14.9. The predicted octanol–water partition coefficient (Wildman–Crippen LogP) is 3.45. The Morgan fingerprint density at radius 1 is 1.04 bits per heavy atom. The first-order valence-electron chi connectivity index (χ1n) is 8.64. The van der Waals surface area contributed by atoms with Gasteiger partial charge < -0.3 is 4.90 Å². The lowest BCUT2D eigenvalue weighted by Crippen LogP contribution is -2.23. The molecule has 4 aromatic rings. The van der Waals surface area contributed by atoms with Crippen molar-refractivity contribution in [2.24, 2.45) is 7.05 Å². The van der Waals surface area contributed by atoms with E-state index in [1.54, 1.807) is 12.4 Å². The van der Waals surface area contributed by atoms with Gasteiger partial charge in [0.15, 0.2) is 5.82 Å². The van der Waals surface area contributed by atoms with Crippen LogP contribution in [0.25, 0.3) is 22.3 Å². The number of pyridine rings is 1. The van der Waals surface area contributed by atoms with Crippen molar-refractivity contribution in [3.63, 3.8) is 0 Å². The van der Waals surface area contributed by atoms with Crippen LogP contribution in [-0.2, 0) is 13.6 Å². The molecule has 26 heavy (non-hydrogen) atoms. The van der Waals surface area contributed by atoms with Crippen molar-refractivity contribution in [1.29, 1.82) is 0 Å². The molecule has 0 saturated heterocycles. The molecule has 0 amide bonds. The summed E-state index contributed by atoms with van der Waals surface area (Å²) in [7, 11) is 1.93. The second kappa shape index (κ2) is 6.92. The molecule has 0 spiro atoms. The first kappa shape index (κ1) is 16.2. The molecule has 0 aliphatic carbocycles. The van der Waals surface area contributed by atoms with Crippen LogP contribution in [0.15, 0.2) is 61.2 Å². The largest absolute Gasteiger partial charge is 0.352 e. The summed E-state index contributed by atoms with van der Waals surface area (Å²) < 4.78 is 1.82. The van der Waals surface area contributed by atoms with Crippen LogP contribution < -0.4 is 4.90 Å². The minimum atomic E-state index is 0.691. The first-order chi connectivity index (χ1) is 12.7. The average Bonchev–Trinajstić information content (AvgIpc) is 3.11. The second-order valence-electron chi connectivity index (χ2n) is 6.17. The van der Waals surface area contributed by atoms with Crippen molar-refractivity contribution in [3.8, 4) is 11.4 Å². The van der Waals surface area contributed by atoms with Gasteiger partial charge in [-0.2, -0.15) is 5.10 Å². The number of nitrogens with zero attached hydrogens (tertiary/aromatic N) is 6. The number of hydrogen-bond acceptors (Lipinski definition) is 5. The summed E-state index contributed by atoms with van der Waals surface area (Å²) in [6.07, 6.45) is 7.49. The van der Waals surface area contributed by atoms with Gasteiger partial charge in [-0.3, -0.25) is 9.67 Å². The summed E-state index contributed by atoms with van der Waals surface area (Å²) in [5, 5.41) is 5.32.